The molecule has 0 saturated heterocycles. The maximum absolute atomic E-state index is 13.2. The predicted molar refractivity (Wildman–Crippen MR) is 94.6 cm³/mol. The molecular formula is C19H20ClF2NO2. The highest BCUT2D eigenvalue weighted by Crippen LogP contribution is 2.27. The van der Waals surface area contributed by atoms with E-state index >= 15 is 0 Å². The van der Waals surface area contributed by atoms with Crippen LogP contribution < -0.4 is 10.2 Å². The van der Waals surface area contributed by atoms with Crippen LogP contribution in [-0.4, -0.2) is 13.2 Å². The van der Waals surface area contributed by atoms with Crippen molar-refractivity contribution in [2.75, 3.05) is 13.2 Å². The van der Waals surface area contributed by atoms with Gasteiger partial charge >= 0.3 is 0 Å². The zero-order valence-electron chi connectivity index (χ0n) is 13.9. The third kappa shape index (κ3) is 6.72. The summed E-state index contributed by atoms with van der Waals surface area (Å²) in [6.07, 6.45) is 4.67. The van der Waals surface area contributed by atoms with Crippen molar-refractivity contribution in [3.8, 4) is 5.75 Å². The first kappa shape index (κ1) is 19.2. The molecule has 134 valence electrons. The molecule has 6 heteroatoms. The Morgan fingerprint density at radius 3 is 2.52 bits per heavy atom. The van der Waals surface area contributed by atoms with Crippen LogP contribution in [0.15, 0.2) is 48.7 Å². The molecule has 2 aromatic rings. The zero-order valence-corrected chi connectivity index (χ0v) is 14.7. The predicted octanol–water partition coefficient (Wildman–Crippen LogP) is 5.03. The molecule has 0 spiro atoms. The molecule has 0 aromatic heterocycles. The fourth-order valence-corrected chi connectivity index (χ4v) is 2.48. The molecule has 0 unspecified atom stereocenters. The van der Waals surface area contributed by atoms with Gasteiger partial charge in [0.15, 0.2) is 0 Å². The maximum Gasteiger partial charge on any atom is 0.137 e. The lowest BCUT2D eigenvalue weighted by Gasteiger charge is -2.09. The third-order valence-electron chi connectivity index (χ3n) is 3.28. The molecule has 0 aliphatic heterocycles. The van der Waals surface area contributed by atoms with Crippen LogP contribution in [0.25, 0.3) is 0 Å². The van der Waals surface area contributed by atoms with Gasteiger partial charge in [-0.25, -0.2) is 8.78 Å². The van der Waals surface area contributed by atoms with Gasteiger partial charge in [0.25, 0.3) is 0 Å². The second-order valence-corrected chi connectivity index (χ2v) is 5.72. The van der Waals surface area contributed by atoms with E-state index in [1.54, 1.807) is 18.3 Å². The quantitative estimate of drug-likeness (QED) is 0.498. The molecule has 0 aliphatic carbocycles. The van der Waals surface area contributed by atoms with Gasteiger partial charge in [0, 0.05) is 18.7 Å². The van der Waals surface area contributed by atoms with E-state index in [2.05, 4.69) is 5.48 Å². The summed E-state index contributed by atoms with van der Waals surface area (Å²) in [5.41, 5.74) is 4.07. The average Bonchev–Trinajstić information content (AvgIpc) is 2.55. The van der Waals surface area contributed by atoms with Crippen LogP contribution in [0.1, 0.15) is 24.5 Å². The Kier molecular flexibility index (Phi) is 7.70. The Balaban J connectivity index is 1.88. The van der Waals surface area contributed by atoms with Crippen LogP contribution in [0.4, 0.5) is 8.78 Å². The first-order chi connectivity index (χ1) is 12.1. The standard InChI is InChI=1S/C19H20ClF2NO2/c1-2-25-23-7-3-4-8-24-19-6-5-14(12-18(19)20)9-15-10-16(21)13-17(22)11-15/h3,5-7,10-13,23H,2,4,8-9H2,1H3. The minimum absolute atomic E-state index is 0.389. The van der Waals surface area contributed by atoms with Crippen molar-refractivity contribution in [1.29, 1.82) is 0 Å². The van der Waals surface area contributed by atoms with E-state index in [1.807, 2.05) is 19.1 Å². The lowest BCUT2D eigenvalue weighted by Crippen LogP contribution is -2.05. The monoisotopic (exact) mass is 367 g/mol. The zero-order chi connectivity index (χ0) is 18.1. The van der Waals surface area contributed by atoms with Gasteiger partial charge < -0.3 is 4.74 Å². The number of ether oxygens (including phenoxy) is 1. The topological polar surface area (TPSA) is 30.5 Å². The summed E-state index contributed by atoms with van der Waals surface area (Å²) in [7, 11) is 0. The van der Waals surface area contributed by atoms with E-state index < -0.39 is 11.6 Å². The summed E-state index contributed by atoms with van der Waals surface area (Å²) >= 11 is 6.22. The molecule has 0 saturated carbocycles. The van der Waals surface area contributed by atoms with Gasteiger partial charge in [-0.05, 0) is 48.7 Å². The van der Waals surface area contributed by atoms with E-state index in [0.717, 1.165) is 11.6 Å². The SMILES string of the molecule is CCONC=CCCOc1ccc(Cc2cc(F)cc(F)c2)cc1Cl. The van der Waals surface area contributed by atoms with Crippen molar-refractivity contribution >= 4 is 11.6 Å². The number of halogens is 3. The third-order valence-corrected chi connectivity index (χ3v) is 3.58. The van der Waals surface area contributed by atoms with E-state index in [0.29, 0.717) is 42.4 Å². The van der Waals surface area contributed by atoms with Crippen LogP contribution in [-0.2, 0) is 11.3 Å². The van der Waals surface area contributed by atoms with E-state index in [9.17, 15) is 8.78 Å². The van der Waals surface area contributed by atoms with Crippen LogP contribution in [0.3, 0.4) is 0 Å². The van der Waals surface area contributed by atoms with Crippen molar-refractivity contribution in [3.63, 3.8) is 0 Å². The fourth-order valence-electron chi connectivity index (χ4n) is 2.22. The van der Waals surface area contributed by atoms with Gasteiger partial charge in [-0.2, -0.15) is 0 Å². The van der Waals surface area contributed by atoms with Crippen LogP contribution in [0.5, 0.6) is 5.75 Å². The van der Waals surface area contributed by atoms with Gasteiger partial charge in [-0.3, -0.25) is 10.3 Å². The van der Waals surface area contributed by atoms with Gasteiger partial charge in [0.1, 0.15) is 17.4 Å². The Morgan fingerprint density at radius 1 is 1.08 bits per heavy atom. The number of hydrogen-bond acceptors (Lipinski definition) is 3. The highest BCUT2D eigenvalue weighted by Gasteiger charge is 2.06. The van der Waals surface area contributed by atoms with Crippen molar-refractivity contribution in [1.82, 2.24) is 5.48 Å². The van der Waals surface area contributed by atoms with Crippen molar-refractivity contribution < 1.29 is 18.4 Å². The molecule has 0 heterocycles. The number of nitrogens with one attached hydrogen (secondary N) is 1. The largest absolute Gasteiger partial charge is 0.492 e. The molecule has 3 nitrogen and oxygen atoms in total. The molecule has 0 fully saturated rings. The minimum Gasteiger partial charge on any atom is -0.492 e. The summed E-state index contributed by atoms with van der Waals surface area (Å²) < 4.78 is 32.1. The smallest absolute Gasteiger partial charge is 0.137 e. The normalized spacial score (nSPS) is 11.0. The molecule has 0 amide bonds. The Bertz CT molecular complexity index is 702. The highest BCUT2D eigenvalue weighted by molar-refractivity contribution is 6.32. The van der Waals surface area contributed by atoms with Crippen molar-refractivity contribution in [2.45, 2.75) is 19.8 Å². The summed E-state index contributed by atoms with van der Waals surface area (Å²) in [6.45, 7) is 2.95. The molecule has 2 aromatic carbocycles. The molecular weight excluding hydrogens is 348 g/mol. The Labute approximate surface area is 151 Å². The summed E-state index contributed by atoms with van der Waals surface area (Å²) in [4.78, 5) is 4.95. The van der Waals surface area contributed by atoms with Gasteiger partial charge in [-0.15, -0.1) is 0 Å². The number of hydroxylamine groups is 1. The van der Waals surface area contributed by atoms with E-state index in [-0.39, 0.29) is 0 Å². The highest BCUT2D eigenvalue weighted by atomic mass is 35.5. The lowest BCUT2D eigenvalue weighted by molar-refractivity contribution is 0.0823. The van der Waals surface area contributed by atoms with Crippen molar-refractivity contribution in [2.24, 2.45) is 0 Å². The second kappa shape index (κ2) is 10.0. The summed E-state index contributed by atoms with van der Waals surface area (Å²) in [5.74, 6) is -0.608. The van der Waals surface area contributed by atoms with Crippen LogP contribution >= 0.6 is 11.6 Å². The summed E-state index contributed by atoms with van der Waals surface area (Å²) in [5, 5.41) is 0.464. The average molecular weight is 368 g/mol. The first-order valence-corrected chi connectivity index (χ1v) is 8.35. The van der Waals surface area contributed by atoms with Gasteiger partial charge in [-0.1, -0.05) is 23.7 Å². The van der Waals surface area contributed by atoms with Crippen LogP contribution in [0.2, 0.25) is 5.02 Å². The minimum atomic E-state index is -0.590. The van der Waals surface area contributed by atoms with Crippen LogP contribution in [0, 0.1) is 11.6 Å². The molecule has 0 atom stereocenters. The second-order valence-electron chi connectivity index (χ2n) is 5.31. The Hall–Kier alpha value is -2.11. The lowest BCUT2D eigenvalue weighted by atomic mass is 10.0. The van der Waals surface area contributed by atoms with E-state index in [4.69, 9.17) is 21.2 Å². The Morgan fingerprint density at radius 2 is 1.84 bits per heavy atom. The first-order valence-electron chi connectivity index (χ1n) is 7.97. The fraction of sp³-hybridized carbons (Fsp3) is 0.263. The van der Waals surface area contributed by atoms with Gasteiger partial charge in [0.05, 0.1) is 18.2 Å². The molecule has 0 aliphatic rings. The number of benzene rings is 2. The van der Waals surface area contributed by atoms with Crippen molar-refractivity contribution in [3.05, 3.63) is 76.5 Å². The molecule has 0 radical (unpaired) electrons. The molecule has 1 N–H and O–H groups in total. The van der Waals surface area contributed by atoms with Gasteiger partial charge in [0.2, 0.25) is 0 Å². The number of rotatable bonds is 9. The summed E-state index contributed by atoms with van der Waals surface area (Å²) in [6, 6.07) is 8.80. The molecule has 0 bridgehead atoms. The molecule has 2 rings (SSSR count). The number of hydrogen-bond donors (Lipinski definition) is 1. The van der Waals surface area contributed by atoms with E-state index in [1.165, 1.54) is 12.1 Å². The maximum atomic E-state index is 13.2. The molecule has 25 heavy (non-hydrogen) atoms.